The van der Waals surface area contributed by atoms with Crippen LogP contribution in [0.3, 0.4) is 0 Å². The van der Waals surface area contributed by atoms with Gasteiger partial charge < -0.3 is 16.4 Å². The molecule has 2 amide bonds. The van der Waals surface area contributed by atoms with Crippen LogP contribution in [0.25, 0.3) is 0 Å². The van der Waals surface area contributed by atoms with Crippen molar-refractivity contribution < 1.29 is 9.59 Å². The van der Waals surface area contributed by atoms with E-state index in [1.807, 2.05) is 0 Å². The van der Waals surface area contributed by atoms with E-state index in [1.54, 1.807) is 13.8 Å². The molecular formula is C7H15N3O2. The number of hydrogen-bond donors (Lipinski definition) is 3. The van der Waals surface area contributed by atoms with Crippen LogP contribution in [0.5, 0.6) is 0 Å². The molecule has 0 bridgehead atoms. The Morgan fingerprint density at radius 1 is 1.25 bits per heavy atom. The van der Waals surface area contributed by atoms with Crippen LogP contribution in [0, 0.1) is 0 Å². The summed E-state index contributed by atoms with van der Waals surface area (Å²) in [5.41, 5.74) is 5.28. The van der Waals surface area contributed by atoms with Gasteiger partial charge in [0.2, 0.25) is 11.8 Å². The lowest BCUT2D eigenvalue weighted by Crippen LogP contribution is -2.48. The fourth-order valence-electron chi connectivity index (χ4n) is 0.627. The highest BCUT2D eigenvalue weighted by molar-refractivity contribution is 5.88. The monoisotopic (exact) mass is 173 g/mol. The zero-order valence-corrected chi connectivity index (χ0v) is 7.55. The fraction of sp³-hybridized carbons (Fsp3) is 0.714. The van der Waals surface area contributed by atoms with Crippen molar-refractivity contribution in [2.24, 2.45) is 5.73 Å². The second-order valence-corrected chi connectivity index (χ2v) is 2.63. The van der Waals surface area contributed by atoms with E-state index >= 15 is 0 Å². The van der Waals surface area contributed by atoms with Gasteiger partial charge in [-0.15, -0.1) is 0 Å². The summed E-state index contributed by atoms with van der Waals surface area (Å²) in [6, 6.07) is -1.12. The van der Waals surface area contributed by atoms with E-state index in [1.165, 1.54) is 7.05 Å². The minimum atomic E-state index is -0.586. The molecule has 0 aliphatic carbocycles. The number of rotatable bonds is 3. The minimum Gasteiger partial charge on any atom is -0.357 e. The van der Waals surface area contributed by atoms with Crippen LogP contribution in [0.1, 0.15) is 13.8 Å². The number of carbonyl (C=O) groups excluding carboxylic acids is 2. The Morgan fingerprint density at radius 3 is 2.08 bits per heavy atom. The van der Waals surface area contributed by atoms with Crippen molar-refractivity contribution in [1.29, 1.82) is 0 Å². The van der Waals surface area contributed by atoms with Crippen molar-refractivity contribution in [3.63, 3.8) is 0 Å². The maximum Gasteiger partial charge on any atom is 0.242 e. The van der Waals surface area contributed by atoms with E-state index < -0.39 is 12.1 Å². The second kappa shape index (κ2) is 4.71. The third-order valence-electron chi connectivity index (χ3n) is 1.41. The van der Waals surface area contributed by atoms with Crippen LogP contribution in [0.15, 0.2) is 0 Å². The van der Waals surface area contributed by atoms with Crippen LogP contribution in [-0.4, -0.2) is 30.9 Å². The Hall–Kier alpha value is -1.10. The number of carbonyl (C=O) groups is 2. The molecule has 0 unspecified atom stereocenters. The summed E-state index contributed by atoms with van der Waals surface area (Å²) in [6.07, 6.45) is 0. The molecule has 0 heterocycles. The molecule has 0 aromatic heterocycles. The first kappa shape index (κ1) is 10.9. The first-order valence-electron chi connectivity index (χ1n) is 3.76. The molecule has 70 valence electrons. The molecule has 0 fully saturated rings. The summed E-state index contributed by atoms with van der Waals surface area (Å²) in [5, 5.41) is 4.87. The predicted octanol–water partition coefficient (Wildman–Crippen LogP) is -1.42. The molecule has 0 aromatic rings. The van der Waals surface area contributed by atoms with E-state index in [0.29, 0.717) is 0 Å². The van der Waals surface area contributed by atoms with Crippen molar-refractivity contribution in [2.75, 3.05) is 7.05 Å². The van der Waals surface area contributed by atoms with Crippen LogP contribution in [0.4, 0.5) is 0 Å². The zero-order valence-electron chi connectivity index (χ0n) is 7.55. The summed E-state index contributed by atoms with van der Waals surface area (Å²) in [4.78, 5) is 21.9. The van der Waals surface area contributed by atoms with E-state index in [4.69, 9.17) is 5.73 Å². The van der Waals surface area contributed by atoms with Gasteiger partial charge in [-0.05, 0) is 13.8 Å². The van der Waals surface area contributed by atoms with Crippen molar-refractivity contribution in [1.82, 2.24) is 10.6 Å². The van der Waals surface area contributed by atoms with Gasteiger partial charge in [0.25, 0.3) is 0 Å². The van der Waals surface area contributed by atoms with Crippen LogP contribution in [0.2, 0.25) is 0 Å². The van der Waals surface area contributed by atoms with Gasteiger partial charge in [0, 0.05) is 7.05 Å². The summed E-state index contributed by atoms with van der Waals surface area (Å²) in [7, 11) is 1.51. The van der Waals surface area contributed by atoms with Crippen molar-refractivity contribution in [2.45, 2.75) is 25.9 Å². The first-order valence-corrected chi connectivity index (χ1v) is 3.76. The molecule has 12 heavy (non-hydrogen) atoms. The number of nitrogens with one attached hydrogen (secondary N) is 2. The SMILES string of the molecule is CNC(=O)[C@H](C)NC(=O)[C@@H](C)N. The molecule has 0 rings (SSSR count). The topological polar surface area (TPSA) is 84.2 Å². The van der Waals surface area contributed by atoms with Crippen molar-refractivity contribution >= 4 is 11.8 Å². The van der Waals surface area contributed by atoms with Crippen molar-refractivity contribution in [3.8, 4) is 0 Å². The summed E-state index contributed by atoms with van der Waals surface area (Å²) < 4.78 is 0. The van der Waals surface area contributed by atoms with Gasteiger partial charge in [0.15, 0.2) is 0 Å². The van der Waals surface area contributed by atoms with Gasteiger partial charge >= 0.3 is 0 Å². The molecular weight excluding hydrogens is 158 g/mol. The van der Waals surface area contributed by atoms with Crippen LogP contribution >= 0.6 is 0 Å². The smallest absolute Gasteiger partial charge is 0.242 e. The Kier molecular flexibility index (Phi) is 4.28. The molecule has 0 aliphatic rings. The summed E-state index contributed by atoms with van der Waals surface area (Å²) >= 11 is 0. The number of hydrogen-bond acceptors (Lipinski definition) is 3. The second-order valence-electron chi connectivity index (χ2n) is 2.63. The Bertz CT molecular complexity index is 179. The molecule has 0 saturated carbocycles. The lowest BCUT2D eigenvalue weighted by atomic mass is 10.2. The Balaban J connectivity index is 3.92. The zero-order chi connectivity index (χ0) is 9.72. The average Bonchev–Trinajstić information content (AvgIpc) is 2.02. The quantitative estimate of drug-likeness (QED) is 0.490. The molecule has 0 aromatic carbocycles. The molecule has 0 saturated heterocycles. The van der Waals surface area contributed by atoms with Gasteiger partial charge in [0.05, 0.1) is 6.04 Å². The highest BCUT2D eigenvalue weighted by Crippen LogP contribution is 1.83. The van der Waals surface area contributed by atoms with E-state index in [-0.39, 0.29) is 11.8 Å². The number of likely N-dealkylation sites (N-methyl/N-ethyl adjacent to an activating group) is 1. The van der Waals surface area contributed by atoms with Gasteiger partial charge in [-0.1, -0.05) is 0 Å². The Morgan fingerprint density at radius 2 is 1.75 bits per heavy atom. The van der Waals surface area contributed by atoms with Crippen LogP contribution in [-0.2, 0) is 9.59 Å². The average molecular weight is 173 g/mol. The maximum atomic E-state index is 11.0. The minimum absolute atomic E-state index is 0.232. The summed E-state index contributed by atoms with van der Waals surface area (Å²) in [6.45, 7) is 3.16. The molecule has 4 N–H and O–H groups in total. The van der Waals surface area contributed by atoms with Gasteiger partial charge in [-0.2, -0.15) is 0 Å². The maximum absolute atomic E-state index is 11.0. The number of amides is 2. The molecule has 5 heteroatoms. The Labute approximate surface area is 71.7 Å². The van der Waals surface area contributed by atoms with Gasteiger partial charge in [-0.25, -0.2) is 0 Å². The van der Waals surface area contributed by atoms with Crippen LogP contribution < -0.4 is 16.4 Å². The largest absolute Gasteiger partial charge is 0.357 e. The van der Waals surface area contributed by atoms with E-state index in [2.05, 4.69) is 10.6 Å². The molecule has 2 atom stereocenters. The molecule has 0 radical (unpaired) electrons. The van der Waals surface area contributed by atoms with E-state index in [0.717, 1.165) is 0 Å². The first-order chi connectivity index (χ1) is 5.49. The third kappa shape index (κ3) is 3.34. The van der Waals surface area contributed by atoms with Gasteiger partial charge in [-0.3, -0.25) is 9.59 Å². The molecule has 0 spiro atoms. The third-order valence-corrected chi connectivity index (χ3v) is 1.41. The predicted molar refractivity (Wildman–Crippen MR) is 45.3 cm³/mol. The summed E-state index contributed by atoms with van der Waals surface area (Å²) in [5.74, 6) is -0.560. The lowest BCUT2D eigenvalue weighted by molar-refractivity contribution is -0.128. The normalized spacial score (nSPS) is 14.7. The standard InChI is InChI=1S/C7H15N3O2/c1-4(8)6(11)10-5(2)7(12)9-3/h4-5H,8H2,1-3H3,(H,9,12)(H,10,11)/t4-,5+/m1/s1. The fourth-order valence-corrected chi connectivity index (χ4v) is 0.627. The molecule has 5 nitrogen and oxygen atoms in total. The van der Waals surface area contributed by atoms with Crippen molar-refractivity contribution in [3.05, 3.63) is 0 Å². The van der Waals surface area contributed by atoms with Gasteiger partial charge in [0.1, 0.15) is 6.04 Å². The lowest BCUT2D eigenvalue weighted by Gasteiger charge is -2.13. The number of nitrogens with two attached hydrogens (primary N) is 1. The van der Waals surface area contributed by atoms with E-state index in [9.17, 15) is 9.59 Å². The highest BCUT2D eigenvalue weighted by atomic mass is 16.2. The highest BCUT2D eigenvalue weighted by Gasteiger charge is 2.15. The molecule has 0 aliphatic heterocycles.